The molecule has 0 spiro atoms. The number of likely N-dealkylation sites (tertiary alicyclic amines) is 1. The van der Waals surface area contributed by atoms with E-state index in [0.717, 1.165) is 13.1 Å². The maximum absolute atomic E-state index is 6.00. The van der Waals surface area contributed by atoms with Crippen LogP contribution >= 0.6 is 0 Å². The quantitative estimate of drug-likeness (QED) is 0.848. The van der Waals surface area contributed by atoms with Crippen molar-refractivity contribution in [2.24, 2.45) is 5.73 Å². The molecular weight excluding hydrogens is 224 g/mol. The van der Waals surface area contributed by atoms with E-state index in [-0.39, 0.29) is 0 Å². The predicted molar refractivity (Wildman–Crippen MR) is 74.3 cm³/mol. The van der Waals surface area contributed by atoms with Gasteiger partial charge in [0.05, 0.1) is 0 Å². The zero-order valence-electron chi connectivity index (χ0n) is 11.4. The Balaban J connectivity index is 2.12. The van der Waals surface area contributed by atoms with Gasteiger partial charge in [-0.3, -0.25) is 9.88 Å². The topological polar surface area (TPSA) is 45.4 Å². The monoisotopic (exact) mass is 248 g/mol. The molecule has 2 heterocycles. The number of nitrogens with two attached hydrogens (primary N) is 1. The van der Waals surface area contributed by atoms with E-state index in [1.165, 1.54) is 18.4 Å². The third kappa shape index (κ3) is 3.07. The second kappa shape index (κ2) is 6.27. The van der Waals surface area contributed by atoms with Crippen molar-refractivity contribution in [1.29, 1.82) is 0 Å². The fraction of sp³-hybridized carbons (Fsp3) is 0.643. The molecule has 2 unspecified atom stereocenters. The molecule has 0 radical (unpaired) electrons. The Morgan fingerprint density at radius 3 is 2.78 bits per heavy atom. The normalized spacial score (nSPS) is 22.6. The molecule has 1 aliphatic heterocycles. The second-order valence-corrected chi connectivity index (χ2v) is 5.33. The third-order valence-corrected chi connectivity index (χ3v) is 3.71. The number of nitrogens with zero attached hydrogens (tertiary/aromatic N) is 3. The summed E-state index contributed by atoms with van der Waals surface area (Å²) in [6.45, 7) is 2.94. The summed E-state index contributed by atoms with van der Waals surface area (Å²) in [4.78, 5) is 8.92. The number of hydrogen-bond acceptors (Lipinski definition) is 4. The van der Waals surface area contributed by atoms with Crippen molar-refractivity contribution in [1.82, 2.24) is 14.8 Å². The predicted octanol–water partition coefficient (Wildman–Crippen LogP) is 1.11. The van der Waals surface area contributed by atoms with Crippen LogP contribution in [-0.4, -0.2) is 54.6 Å². The Labute approximate surface area is 110 Å². The minimum Gasteiger partial charge on any atom is -0.329 e. The molecule has 18 heavy (non-hydrogen) atoms. The highest BCUT2D eigenvalue weighted by Crippen LogP contribution is 2.28. The summed E-state index contributed by atoms with van der Waals surface area (Å²) in [5.74, 6) is 0. The molecule has 2 atom stereocenters. The molecule has 1 fully saturated rings. The van der Waals surface area contributed by atoms with Crippen LogP contribution in [0.2, 0.25) is 0 Å². The van der Waals surface area contributed by atoms with Crippen LogP contribution in [0.5, 0.6) is 0 Å². The van der Waals surface area contributed by atoms with E-state index in [1.807, 2.05) is 12.4 Å². The van der Waals surface area contributed by atoms with Gasteiger partial charge in [0.15, 0.2) is 0 Å². The van der Waals surface area contributed by atoms with Crippen molar-refractivity contribution < 1.29 is 0 Å². The van der Waals surface area contributed by atoms with Crippen LogP contribution in [0.4, 0.5) is 0 Å². The van der Waals surface area contributed by atoms with Crippen LogP contribution in [0.3, 0.4) is 0 Å². The van der Waals surface area contributed by atoms with E-state index in [9.17, 15) is 0 Å². The highest BCUT2D eigenvalue weighted by molar-refractivity contribution is 5.16. The number of hydrogen-bond donors (Lipinski definition) is 1. The number of aromatic nitrogens is 1. The van der Waals surface area contributed by atoms with E-state index in [2.05, 4.69) is 41.0 Å². The highest BCUT2D eigenvalue weighted by Gasteiger charge is 2.30. The van der Waals surface area contributed by atoms with Gasteiger partial charge in [0.25, 0.3) is 0 Å². The van der Waals surface area contributed by atoms with Gasteiger partial charge in [-0.1, -0.05) is 0 Å². The minimum atomic E-state index is 0.334. The average molecular weight is 248 g/mol. The molecule has 0 aliphatic carbocycles. The van der Waals surface area contributed by atoms with E-state index >= 15 is 0 Å². The van der Waals surface area contributed by atoms with E-state index in [1.54, 1.807) is 0 Å². The van der Waals surface area contributed by atoms with E-state index in [4.69, 9.17) is 5.73 Å². The first-order valence-corrected chi connectivity index (χ1v) is 6.73. The lowest BCUT2D eigenvalue weighted by molar-refractivity contribution is 0.156. The van der Waals surface area contributed by atoms with Crippen molar-refractivity contribution in [3.63, 3.8) is 0 Å². The molecule has 1 aromatic rings. The molecule has 4 nitrogen and oxygen atoms in total. The van der Waals surface area contributed by atoms with Crippen LogP contribution in [0, 0.1) is 0 Å². The Hall–Kier alpha value is -0.970. The summed E-state index contributed by atoms with van der Waals surface area (Å²) in [6, 6.07) is 5.13. The smallest absolute Gasteiger partial charge is 0.0475 e. The Morgan fingerprint density at radius 2 is 2.17 bits per heavy atom. The standard InChI is InChI=1S/C14H24N4/c1-17(2)11-13-4-3-9-18(13)14(10-15)12-5-7-16-8-6-12/h5-8,13-14H,3-4,9-11,15H2,1-2H3. The van der Waals surface area contributed by atoms with Gasteiger partial charge in [0.1, 0.15) is 0 Å². The van der Waals surface area contributed by atoms with Crippen molar-refractivity contribution in [2.45, 2.75) is 24.9 Å². The molecule has 4 heteroatoms. The maximum atomic E-state index is 6.00. The van der Waals surface area contributed by atoms with E-state index in [0.29, 0.717) is 18.6 Å². The summed E-state index contributed by atoms with van der Waals surface area (Å²) in [6.07, 6.45) is 6.27. The van der Waals surface area contributed by atoms with Crippen molar-refractivity contribution >= 4 is 0 Å². The van der Waals surface area contributed by atoms with Crippen molar-refractivity contribution in [3.8, 4) is 0 Å². The van der Waals surface area contributed by atoms with Crippen LogP contribution in [0.1, 0.15) is 24.4 Å². The molecule has 0 aromatic carbocycles. The first-order valence-electron chi connectivity index (χ1n) is 6.73. The Morgan fingerprint density at radius 1 is 1.44 bits per heavy atom. The van der Waals surface area contributed by atoms with Gasteiger partial charge in [-0.15, -0.1) is 0 Å². The molecule has 1 aromatic heterocycles. The summed E-state index contributed by atoms with van der Waals surface area (Å²) in [5, 5.41) is 0. The van der Waals surface area contributed by atoms with Gasteiger partial charge in [0.2, 0.25) is 0 Å². The fourth-order valence-corrected chi connectivity index (χ4v) is 2.93. The van der Waals surface area contributed by atoms with Crippen LogP contribution < -0.4 is 5.73 Å². The molecule has 0 amide bonds. The molecule has 0 bridgehead atoms. The second-order valence-electron chi connectivity index (χ2n) is 5.33. The third-order valence-electron chi connectivity index (χ3n) is 3.71. The Bertz CT molecular complexity index is 352. The lowest BCUT2D eigenvalue weighted by atomic mass is 10.1. The summed E-state index contributed by atoms with van der Waals surface area (Å²) in [7, 11) is 4.28. The maximum Gasteiger partial charge on any atom is 0.0475 e. The molecular formula is C14H24N4. The highest BCUT2D eigenvalue weighted by atomic mass is 15.2. The van der Waals surface area contributed by atoms with Gasteiger partial charge < -0.3 is 10.6 Å². The van der Waals surface area contributed by atoms with Gasteiger partial charge in [-0.05, 0) is 51.2 Å². The van der Waals surface area contributed by atoms with Crippen molar-refractivity contribution in [3.05, 3.63) is 30.1 Å². The number of likely N-dealkylation sites (N-methyl/N-ethyl adjacent to an activating group) is 1. The minimum absolute atomic E-state index is 0.334. The van der Waals surface area contributed by atoms with Crippen molar-refractivity contribution in [2.75, 3.05) is 33.7 Å². The van der Waals surface area contributed by atoms with E-state index < -0.39 is 0 Å². The van der Waals surface area contributed by atoms with Gasteiger partial charge in [0, 0.05) is 37.6 Å². The molecule has 0 saturated carbocycles. The molecule has 1 saturated heterocycles. The zero-order chi connectivity index (χ0) is 13.0. The van der Waals surface area contributed by atoms with Crippen LogP contribution in [-0.2, 0) is 0 Å². The first kappa shape index (κ1) is 13.5. The molecule has 1 aliphatic rings. The zero-order valence-corrected chi connectivity index (χ0v) is 11.4. The number of rotatable bonds is 5. The van der Waals surface area contributed by atoms with Crippen LogP contribution in [0.25, 0.3) is 0 Å². The molecule has 2 rings (SSSR count). The molecule has 2 N–H and O–H groups in total. The largest absolute Gasteiger partial charge is 0.329 e. The number of pyridine rings is 1. The van der Waals surface area contributed by atoms with Gasteiger partial charge in [-0.25, -0.2) is 0 Å². The summed E-state index contributed by atoms with van der Waals surface area (Å²) < 4.78 is 0. The lowest BCUT2D eigenvalue weighted by Gasteiger charge is -2.34. The lowest BCUT2D eigenvalue weighted by Crippen LogP contribution is -2.42. The van der Waals surface area contributed by atoms with Gasteiger partial charge >= 0.3 is 0 Å². The summed E-state index contributed by atoms with van der Waals surface area (Å²) in [5.41, 5.74) is 7.29. The fourth-order valence-electron chi connectivity index (χ4n) is 2.93. The molecule has 100 valence electrons. The Kier molecular flexibility index (Phi) is 4.69. The first-order chi connectivity index (χ1) is 8.72. The summed E-state index contributed by atoms with van der Waals surface area (Å²) >= 11 is 0. The average Bonchev–Trinajstić information content (AvgIpc) is 2.79. The SMILES string of the molecule is CN(C)CC1CCCN1C(CN)c1ccncc1. The van der Waals surface area contributed by atoms with Gasteiger partial charge in [-0.2, -0.15) is 0 Å². The van der Waals surface area contributed by atoms with Crippen LogP contribution in [0.15, 0.2) is 24.5 Å².